The molecule has 104 valence electrons. The summed E-state index contributed by atoms with van der Waals surface area (Å²) in [6.07, 6.45) is 0. The first kappa shape index (κ1) is 14.0. The number of anilines is 1. The van der Waals surface area contributed by atoms with Gasteiger partial charge in [-0.1, -0.05) is 0 Å². The number of Topliss-reactive ketones (excluding diaryl/α,β-unsaturated/α-hetero) is 1. The van der Waals surface area contributed by atoms with Crippen molar-refractivity contribution >= 4 is 11.5 Å². The summed E-state index contributed by atoms with van der Waals surface area (Å²) in [6.45, 7) is 1.29. The Hall–Kier alpha value is -2.43. The Morgan fingerprint density at radius 2 is 1.95 bits per heavy atom. The van der Waals surface area contributed by atoms with Gasteiger partial charge in [-0.15, -0.1) is 0 Å². The molecule has 0 aliphatic heterocycles. The lowest BCUT2D eigenvalue weighted by Crippen LogP contribution is -2.04. The van der Waals surface area contributed by atoms with E-state index in [1.807, 2.05) is 0 Å². The Labute approximate surface area is 115 Å². The third-order valence-corrected chi connectivity index (χ3v) is 2.78. The van der Waals surface area contributed by atoms with E-state index in [1.165, 1.54) is 19.1 Å². The van der Waals surface area contributed by atoms with E-state index in [1.54, 1.807) is 12.1 Å². The molecule has 0 spiro atoms. The molecule has 0 unspecified atom stereocenters. The predicted octanol–water partition coefficient (Wildman–Crippen LogP) is 3.33. The highest BCUT2D eigenvalue weighted by molar-refractivity contribution is 5.97. The van der Waals surface area contributed by atoms with Gasteiger partial charge in [0, 0.05) is 17.3 Å². The minimum Gasteiger partial charge on any atom is -0.488 e. The van der Waals surface area contributed by atoms with Crippen LogP contribution in [0.3, 0.4) is 0 Å². The van der Waals surface area contributed by atoms with E-state index in [4.69, 9.17) is 10.5 Å². The molecule has 20 heavy (non-hydrogen) atoms. The SMILES string of the molecule is CC(=O)c1cc(N)ccc1OCc1ccc(F)cc1F. The van der Waals surface area contributed by atoms with Crippen LogP contribution in [0.4, 0.5) is 14.5 Å². The summed E-state index contributed by atoms with van der Waals surface area (Å²) in [5.41, 5.74) is 6.58. The van der Waals surface area contributed by atoms with Gasteiger partial charge in [-0.3, -0.25) is 4.79 Å². The molecule has 0 saturated carbocycles. The van der Waals surface area contributed by atoms with Crippen molar-refractivity contribution in [1.82, 2.24) is 0 Å². The maximum Gasteiger partial charge on any atom is 0.163 e. The zero-order chi connectivity index (χ0) is 14.7. The summed E-state index contributed by atoms with van der Waals surface area (Å²) in [6, 6.07) is 7.87. The van der Waals surface area contributed by atoms with Gasteiger partial charge in [0.05, 0.1) is 5.56 Å². The number of nitrogens with two attached hydrogens (primary N) is 1. The number of carbonyl (C=O) groups excluding carboxylic acids is 1. The third-order valence-electron chi connectivity index (χ3n) is 2.78. The van der Waals surface area contributed by atoms with Gasteiger partial charge in [0.25, 0.3) is 0 Å². The first-order chi connectivity index (χ1) is 9.47. The Morgan fingerprint density at radius 1 is 1.20 bits per heavy atom. The monoisotopic (exact) mass is 277 g/mol. The van der Waals surface area contributed by atoms with E-state index >= 15 is 0 Å². The van der Waals surface area contributed by atoms with E-state index in [-0.39, 0.29) is 18.0 Å². The standard InChI is InChI=1S/C15H13F2NO2/c1-9(19)13-7-12(18)4-5-15(13)20-8-10-2-3-11(16)6-14(10)17/h2-7H,8,18H2,1H3. The summed E-state index contributed by atoms with van der Waals surface area (Å²) in [4.78, 5) is 11.5. The van der Waals surface area contributed by atoms with Crippen LogP contribution >= 0.6 is 0 Å². The van der Waals surface area contributed by atoms with Gasteiger partial charge in [0.1, 0.15) is 24.0 Å². The van der Waals surface area contributed by atoms with Crippen LogP contribution in [0, 0.1) is 11.6 Å². The molecule has 0 amide bonds. The highest BCUT2D eigenvalue weighted by atomic mass is 19.1. The summed E-state index contributed by atoms with van der Waals surface area (Å²) >= 11 is 0. The predicted molar refractivity (Wildman–Crippen MR) is 71.5 cm³/mol. The van der Waals surface area contributed by atoms with Crippen LogP contribution in [-0.4, -0.2) is 5.78 Å². The van der Waals surface area contributed by atoms with Crippen molar-refractivity contribution in [3.63, 3.8) is 0 Å². The second kappa shape index (κ2) is 5.69. The lowest BCUT2D eigenvalue weighted by atomic mass is 10.1. The van der Waals surface area contributed by atoms with Gasteiger partial charge < -0.3 is 10.5 Å². The van der Waals surface area contributed by atoms with Gasteiger partial charge in [0.15, 0.2) is 5.78 Å². The Bertz CT molecular complexity index is 656. The molecule has 5 heteroatoms. The van der Waals surface area contributed by atoms with Crippen LogP contribution < -0.4 is 10.5 Å². The van der Waals surface area contributed by atoms with E-state index in [0.717, 1.165) is 12.1 Å². The molecule has 2 aromatic rings. The van der Waals surface area contributed by atoms with Gasteiger partial charge >= 0.3 is 0 Å². The molecule has 0 saturated heterocycles. The number of ketones is 1. The zero-order valence-electron chi connectivity index (χ0n) is 10.8. The number of carbonyl (C=O) groups is 1. The zero-order valence-corrected chi connectivity index (χ0v) is 10.8. The molecule has 0 fully saturated rings. The highest BCUT2D eigenvalue weighted by Gasteiger charge is 2.11. The second-order valence-corrected chi connectivity index (χ2v) is 4.34. The average Bonchev–Trinajstić information content (AvgIpc) is 2.38. The summed E-state index contributed by atoms with van der Waals surface area (Å²) in [7, 11) is 0. The van der Waals surface area contributed by atoms with Crippen molar-refractivity contribution in [2.45, 2.75) is 13.5 Å². The molecule has 2 N–H and O–H groups in total. The number of benzene rings is 2. The number of ether oxygens (including phenoxy) is 1. The topological polar surface area (TPSA) is 52.3 Å². The van der Waals surface area contributed by atoms with Gasteiger partial charge in [-0.05, 0) is 37.3 Å². The maximum atomic E-state index is 13.5. The van der Waals surface area contributed by atoms with Crippen LogP contribution in [0.2, 0.25) is 0 Å². The molecule has 0 aliphatic rings. The first-order valence-corrected chi connectivity index (χ1v) is 5.94. The lowest BCUT2D eigenvalue weighted by Gasteiger charge is -2.11. The molecule has 0 heterocycles. The van der Waals surface area contributed by atoms with E-state index in [9.17, 15) is 13.6 Å². The normalized spacial score (nSPS) is 10.3. The maximum absolute atomic E-state index is 13.5. The number of hydrogen-bond donors (Lipinski definition) is 1. The van der Waals surface area contributed by atoms with Crippen LogP contribution in [0.5, 0.6) is 5.75 Å². The average molecular weight is 277 g/mol. The van der Waals surface area contributed by atoms with E-state index in [2.05, 4.69) is 0 Å². The number of rotatable bonds is 4. The van der Waals surface area contributed by atoms with Crippen LogP contribution in [0.25, 0.3) is 0 Å². The van der Waals surface area contributed by atoms with Crippen molar-refractivity contribution in [3.05, 3.63) is 59.2 Å². The largest absolute Gasteiger partial charge is 0.488 e. The molecule has 2 rings (SSSR count). The van der Waals surface area contributed by atoms with Crippen molar-refractivity contribution in [2.24, 2.45) is 0 Å². The molecule has 0 bridgehead atoms. The van der Waals surface area contributed by atoms with Crippen molar-refractivity contribution in [1.29, 1.82) is 0 Å². The second-order valence-electron chi connectivity index (χ2n) is 4.34. The Balaban J connectivity index is 2.20. The quantitative estimate of drug-likeness (QED) is 0.689. The van der Waals surface area contributed by atoms with Crippen molar-refractivity contribution in [3.8, 4) is 5.75 Å². The summed E-state index contributed by atoms with van der Waals surface area (Å²) < 4.78 is 31.7. The lowest BCUT2D eigenvalue weighted by molar-refractivity contribution is 0.101. The molecule has 3 nitrogen and oxygen atoms in total. The smallest absolute Gasteiger partial charge is 0.163 e. The van der Waals surface area contributed by atoms with Crippen LogP contribution in [0.1, 0.15) is 22.8 Å². The van der Waals surface area contributed by atoms with Gasteiger partial charge in [-0.25, -0.2) is 8.78 Å². The molecule has 0 aromatic heterocycles. The number of halogens is 2. The minimum atomic E-state index is -0.690. The van der Waals surface area contributed by atoms with E-state index in [0.29, 0.717) is 17.0 Å². The molecule has 2 aromatic carbocycles. The highest BCUT2D eigenvalue weighted by Crippen LogP contribution is 2.23. The van der Waals surface area contributed by atoms with Crippen molar-refractivity contribution < 1.29 is 18.3 Å². The third kappa shape index (κ3) is 3.12. The summed E-state index contributed by atoms with van der Waals surface area (Å²) in [5.74, 6) is -1.23. The van der Waals surface area contributed by atoms with E-state index < -0.39 is 11.6 Å². The number of nitrogen functional groups attached to an aromatic ring is 1. The number of hydrogen-bond acceptors (Lipinski definition) is 3. The Kier molecular flexibility index (Phi) is 3.98. The van der Waals surface area contributed by atoms with Crippen molar-refractivity contribution in [2.75, 3.05) is 5.73 Å². The molecule has 0 radical (unpaired) electrons. The van der Waals surface area contributed by atoms with Gasteiger partial charge in [0.2, 0.25) is 0 Å². The van der Waals surface area contributed by atoms with Crippen LogP contribution in [-0.2, 0) is 6.61 Å². The molecular formula is C15H13F2NO2. The fourth-order valence-electron chi connectivity index (χ4n) is 1.74. The van der Waals surface area contributed by atoms with Crippen LogP contribution in [0.15, 0.2) is 36.4 Å². The molecular weight excluding hydrogens is 264 g/mol. The first-order valence-electron chi connectivity index (χ1n) is 5.94. The molecule has 0 atom stereocenters. The fourth-order valence-corrected chi connectivity index (χ4v) is 1.74. The minimum absolute atomic E-state index is 0.101. The fraction of sp³-hybridized carbons (Fsp3) is 0.133. The molecule has 0 aliphatic carbocycles. The van der Waals surface area contributed by atoms with Gasteiger partial charge in [-0.2, -0.15) is 0 Å². The Morgan fingerprint density at radius 3 is 2.60 bits per heavy atom. The summed E-state index contributed by atoms with van der Waals surface area (Å²) in [5, 5.41) is 0.